The molecule has 0 aliphatic heterocycles. The molecule has 0 aliphatic carbocycles. The van der Waals surface area contributed by atoms with Gasteiger partial charge < -0.3 is 10.4 Å². The number of nitrogens with one attached hydrogen (secondary N) is 1. The SMILES string of the molecule is Cc1ccc(Nc2nnc(CCC(=O)O)s2)cc1. The fourth-order valence-electron chi connectivity index (χ4n) is 1.38. The zero-order valence-electron chi connectivity index (χ0n) is 9.88. The van der Waals surface area contributed by atoms with Crippen molar-refractivity contribution in [2.75, 3.05) is 5.32 Å². The van der Waals surface area contributed by atoms with Crippen molar-refractivity contribution in [2.24, 2.45) is 0 Å². The molecule has 0 fully saturated rings. The Balaban J connectivity index is 1.97. The largest absolute Gasteiger partial charge is 0.481 e. The molecule has 5 nitrogen and oxygen atoms in total. The number of carbonyl (C=O) groups is 1. The highest BCUT2D eigenvalue weighted by molar-refractivity contribution is 7.15. The molecule has 0 amide bonds. The van der Waals surface area contributed by atoms with Crippen molar-refractivity contribution < 1.29 is 9.90 Å². The number of hydrogen-bond acceptors (Lipinski definition) is 5. The summed E-state index contributed by atoms with van der Waals surface area (Å²) >= 11 is 1.38. The van der Waals surface area contributed by atoms with Gasteiger partial charge in [0.1, 0.15) is 5.01 Å². The lowest BCUT2D eigenvalue weighted by atomic mass is 10.2. The molecule has 1 heterocycles. The Hall–Kier alpha value is -1.95. The van der Waals surface area contributed by atoms with Gasteiger partial charge in [-0.1, -0.05) is 29.0 Å². The highest BCUT2D eigenvalue weighted by Gasteiger charge is 2.06. The molecular formula is C12H13N3O2S. The molecule has 94 valence electrons. The molecule has 0 saturated carbocycles. The van der Waals surface area contributed by atoms with Gasteiger partial charge in [-0.3, -0.25) is 4.79 Å². The summed E-state index contributed by atoms with van der Waals surface area (Å²) in [5.74, 6) is -0.821. The number of aromatic nitrogens is 2. The van der Waals surface area contributed by atoms with Crippen LogP contribution in [0.25, 0.3) is 0 Å². The number of benzene rings is 1. The molecule has 0 saturated heterocycles. The van der Waals surface area contributed by atoms with E-state index in [-0.39, 0.29) is 6.42 Å². The number of nitrogens with zero attached hydrogens (tertiary/aromatic N) is 2. The van der Waals surface area contributed by atoms with Gasteiger partial charge in [0, 0.05) is 12.1 Å². The first kappa shape index (κ1) is 12.5. The number of aliphatic carboxylic acids is 1. The van der Waals surface area contributed by atoms with Crippen LogP contribution in [0.15, 0.2) is 24.3 Å². The maximum absolute atomic E-state index is 10.4. The zero-order valence-corrected chi connectivity index (χ0v) is 10.7. The Morgan fingerprint density at radius 3 is 2.72 bits per heavy atom. The third kappa shape index (κ3) is 3.53. The molecule has 0 bridgehead atoms. The molecule has 0 aliphatic rings. The fraction of sp³-hybridized carbons (Fsp3) is 0.250. The van der Waals surface area contributed by atoms with Crippen LogP contribution in [-0.2, 0) is 11.2 Å². The minimum Gasteiger partial charge on any atom is -0.481 e. The summed E-state index contributed by atoms with van der Waals surface area (Å²) in [5.41, 5.74) is 2.14. The molecule has 0 unspecified atom stereocenters. The summed E-state index contributed by atoms with van der Waals surface area (Å²) in [5, 5.41) is 21.0. The highest BCUT2D eigenvalue weighted by atomic mass is 32.1. The Labute approximate surface area is 109 Å². The standard InChI is InChI=1S/C12H13N3O2S/c1-8-2-4-9(5-3-8)13-12-15-14-10(18-12)6-7-11(16)17/h2-5H,6-7H2,1H3,(H,13,15)(H,16,17). The molecule has 2 rings (SSSR count). The van der Waals surface area contributed by atoms with Gasteiger partial charge in [0.05, 0.1) is 6.42 Å². The molecule has 0 atom stereocenters. The first-order valence-electron chi connectivity index (χ1n) is 5.51. The predicted molar refractivity (Wildman–Crippen MR) is 70.3 cm³/mol. The van der Waals surface area contributed by atoms with E-state index >= 15 is 0 Å². The molecule has 2 aromatic rings. The molecule has 1 aromatic carbocycles. The van der Waals surface area contributed by atoms with Gasteiger partial charge in [0.2, 0.25) is 5.13 Å². The van der Waals surface area contributed by atoms with Crippen molar-refractivity contribution >= 4 is 28.1 Å². The summed E-state index contributed by atoms with van der Waals surface area (Å²) in [7, 11) is 0. The fourth-order valence-corrected chi connectivity index (χ4v) is 2.14. The second-order valence-corrected chi connectivity index (χ2v) is 4.95. The van der Waals surface area contributed by atoms with E-state index in [1.807, 2.05) is 31.2 Å². The van der Waals surface area contributed by atoms with Crippen LogP contribution in [0.2, 0.25) is 0 Å². The molecule has 2 N–H and O–H groups in total. The molecule has 1 aromatic heterocycles. The van der Waals surface area contributed by atoms with Gasteiger partial charge in [0.25, 0.3) is 0 Å². The van der Waals surface area contributed by atoms with Gasteiger partial charge in [-0.15, -0.1) is 10.2 Å². The maximum atomic E-state index is 10.4. The van der Waals surface area contributed by atoms with Gasteiger partial charge in [0.15, 0.2) is 0 Å². The van der Waals surface area contributed by atoms with Crippen molar-refractivity contribution in [3.05, 3.63) is 34.8 Å². The summed E-state index contributed by atoms with van der Waals surface area (Å²) in [4.78, 5) is 10.4. The Kier molecular flexibility index (Phi) is 3.88. The second-order valence-electron chi connectivity index (χ2n) is 3.89. The van der Waals surface area contributed by atoms with Gasteiger partial charge in [-0.25, -0.2) is 0 Å². The van der Waals surface area contributed by atoms with Gasteiger partial charge in [-0.05, 0) is 19.1 Å². The monoisotopic (exact) mass is 263 g/mol. The number of rotatable bonds is 5. The second kappa shape index (κ2) is 5.59. The van der Waals surface area contributed by atoms with E-state index in [4.69, 9.17) is 5.11 Å². The average Bonchev–Trinajstić information content (AvgIpc) is 2.77. The van der Waals surface area contributed by atoms with Crippen LogP contribution in [0.4, 0.5) is 10.8 Å². The zero-order chi connectivity index (χ0) is 13.0. The first-order valence-corrected chi connectivity index (χ1v) is 6.33. The van der Waals surface area contributed by atoms with Crippen LogP contribution in [0, 0.1) is 6.92 Å². The number of aryl methyl sites for hydroxylation is 2. The predicted octanol–water partition coefficient (Wildman–Crippen LogP) is 2.61. The normalized spacial score (nSPS) is 10.3. The van der Waals surface area contributed by atoms with Crippen molar-refractivity contribution in [1.82, 2.24) is 10.2 Å². The molecule has 0 radical (unpaired) electrons. The molecule has 18 heavy (non-hydrogen) atoms. The van der Waals surface area contributed by atoms with Crippen LogP contribution in [0.1, 0.15) is 17.0 Å². The van der Waals surface area contributed by atoms with Gasteiger partial charge in [-0.2, -0.15) is 0 Å². The Bertz CT molecular complexity index is 537. The minimum absolute atomic E-state index is 0.0825. The Morgan fingerprint density at radius 1 is 1.33 bits per heavy atom. The molecule has 6 heteroatoms. The maximum Gasteiger partial charge on any atom is 0.303 e. The van der Waals surface area contributed by atoms with E-state index < -0.39 is 5.97 Å². The van der Waals surface area contributed by atoms with Crippen molar-refractivity contribution in [3.63, 3.8) is 0 Å². The Morgan fingerprint density at radius 2 is 2.06 bits per heavy atom. The van der Waals surface area contributed by atoms with Crippen molar-refractivity contribution in [1.29, 1.82) is 0 Å². The lowest BCUT2D eigenvalue weighted by Crippen LogP contribution is -1.96. The first-order chi connectivity index (χ1) is 8.63. The van der Waals surface area contributed by atoms with E-state index in [1.54, 1.807) is 0 Å². The average molecular weight is 263 g/mol. The summed E-state index contributed by atoms with van der Waals surface area (Å²) in [6, 6.07) is 7.95. The minimum atomic E-state index is -0.821. The number of hydrogen-bond donors (Lipinski definition) is 2. The van der Waals surface area contributed by atoms with E-state index in [0.29, 0.717) is 11.6 Å². The summed E-state index contributed by atoms with van der Waals surface area (Å²) in [6.07, 6.45) is 0.502. The third-order valence-electron chi connectivity index (χ3n) is 2.32. The lowest BCUT2D eigenvalue weighted by Gasteiger charge is -2.01. The smallest absolute Gasteiger partial charge is 0.303 e. The summed E-state index contributed by atoms with van der Waals surface area (Å²) < 4.78 is 0. The van der Waals surface area contributed by atoms with E-state index in [1.165, 1.54) is 16.9 Å². The number of carboxylic acids is 1. The quantitative estimate of drug-likeness (QED) is 0.867. The molecular weight excluding hydrogens is 250 g/mol. The van der Waals surface area contributed by atoms with Crippen LogP contribution in [-0.4, -0.2) is 21.3 Å². The van der Waals surface area contributed by atoms with E-state index in [9.17, 15) is 4.79 Å². The highest BCUT2D eigenvalue weighted by Crippen LogP contribution is 2.21. The van der Waals surface area contributed by atoms with Crippen molar-refractivity contribution in [3.8, 4) is 0 Å². The van der Waals surface area contributed by atoms with Crippen LogP contribution >= 0.6 is 11.3 Å². The topological polar surface area (TPSA) is 75.1 Å². The van der Waals surface area contributed by atoms with Gasteiger partial charge >= 0.3 is 5.97 Å². The van der Waals surface area contributed by atoms with Crippen molar-refractivity contribution in [2.45, 2.75) is 19.8 Å². The number of carboxylic acid groups (broad SMARTS) is 1. The lowest BCUT2D eigenvalue weighted by molar-refractivity contribution is -0.136. The van der Waals surface area contributed by atoms with E-state index in [0.717, 1.165) is 10.7 Å². The molecule has 0 spiro atoms. The summed E-state index contributed by atoms with van der Waals surface area (Å²) in [6.45, 7) is 2.03. The number of anilines is 2. The third-order valence-corrected chi connectivity index (χ3v) is 3.22. The van der Waals surface area contributed by atoms with E-state index in [2.05, 4.69) is 15.5 Å². The van der Waals surface area contributed by atoms with Crippen LogP contribution < -0.4 is 5.32 Å². The van der Waals surface area contributed by atoms with Crippen LogP contribution in [0.3, 0.4) is 0 Å². The van der Waals surface area contributed by atoms with Crippen LogP contribution in [0.5, 0.6) is 0 Å².